The topological polar surface area (TPSA) is 65.1 Å². The van der Waals surface area contributed by atoms with Gasteiger partial charge in [-0.15, -0.1) is 0 Å². The molecule has 0 aromatic heterocycles. The monoisotopic (exact) mass is 279 g/mol. The first-order valence-electron chi connectivity index (χ1n) is 6.20. The maximum Gasteiger partial charge on any atom is 0.311 e. The Kier molecular flexibility index (Phi) is 4.12. The van der Waals surface area contributed by atoms with E-state index in [4.69, 9.17) is 9.47 Å². The van der Waals surface area contributed by atoms with E-state index < -0.39 is 5.92 Å². The number of hydrogen-bond acceptors (Lipinski definition) is 5. The lowest BCUT2D eigenvalue weighted by molar-refractivity contribution is -0.145. The smallest absolute Gasteiger partial charge is 0.311 e. The third-order valence-electron chi connectivity index (χ3n) is 3.31. The fourth-order valence-electron chi connectivity index (χ4n) is 2.23. The van der Waals surface area contributed by atoms with Crippen molar-refractivity contribution in [1.82, 2.24) is 0 Å². The molecule has 6 heteroatoms. The summed E-state index contributed by atoms with van der Waals surface area (Å²) >= 11 is 0. The van der Waals surface area contributed by atoms with Gasteiger partial charge in [-0.3, -0.25) is 9.59 Å². The molecule has 0 bridgehead atoms. The summed E-state index contributed by atoms with van der Waals surface area (Å²) in [5, 5.41) is 0. The molecule has 1 aromatic rings. The van der Waals surface area contributed by atoms with Crippen LogP contribution in [-0.4, -0.2) is 39.8 Å². The Balaban J connectivity index is 2.27. The van der Waals surface area contributed by atoms with Crippen molar-refractivity contribution in [3.05, 3.63) is 18.2 Å². The van der Waals surface area contributed by atoms with Crippen LogP contribution in [0, 0.1) is 5.92 Å². The minimum absolute atomic E-state index is 0.115. The maximum absolute atomic E-state index is 12.0. The summed E-state index contributed by atoms with van der Waals surface area (Å²) in [4.78, 5) is 25.1. The molecule has 0 saturated carbocycles. The van der Waals surface area contributed by atoms with Crippen molar-refractivity contribution in [2.75, 3.05) is 32.8 Å². The molecule has 1 atom stereocenters. The molecular formula is C14H17NO5. The van der Waals surface area contributed by atoms with Gasteiger partial charge in [0.15, 0.2) is 0 Å². The van der Waals surface area contributed by atoms with Gasteiger partial charge in [-0.2, -0.15) is 0 Å². The highest BCUT2D eigenvalue weighted by atomic mass is 16.5. The molecule has 0 spiro atoms. The lowest BCUT2D eigenvalue weighted by Gasteiger charge is -2.18. The van der Waals surface area contributed by atoms with Crippen LogP contribution in [0.3, 0.4) is 0 Å². The van der Waals surface area contributed by atoms with Crippen molar-refractivity contribution < 1.29 is 23.8 Å². The Labute approximate surface area is 117 Å². The molecule has 1 aliphatic rings. The van der Waals surface area contributed by atoms with E-state index in [9.17, 15) is 9.59 Å². The number of carbonyl (C=O) groups excluding carboxylic acids is 2. The van der Waals surface area contributed by atoms with Crippen LogP contribution in [0.15, 0.2) is 18.2 Å². The van der Waals surface area contributed by atoms with Crippen molar-refractivity contribution >= 4 is 17.6 Å². The van der Waals surface area contributed by atoms with Crippen molar-refractivity contribution in [1.29, 1.82) is 0 Å². The highest BCUT2D eigenvalue weighted by Gasteiger charge is 2.36. The minimum Gasteiger partial charge on any atom is -0.497 e. The Morgan fingerprint density at radius 3 is 2.25 bits per heavy atom. The molecule has 20 heavy (non-hydrogen) atoms. The van der Waals surface area contributed by atoms with E-state index in [1.54, 1.807) is 37.3 Å². The van der Waals surface area contributed by atoms with Gasteiger partial charge in [-0.05, 0) is 0 Å². The lowest BCUT2D eigenvalue weighted by atomic mass is 10.1. The fourth-order valence-corrected chi connectivity index (χ4v) is 2.23. The molecule has 1 heterocycles. The Morgan fingerprint density at radius 1 is 1.15 bits per heavy atom. The molecule has 1 amide bonds. The third-order valence-corrected chi connectivity index (χ3v) is 3.31. The average molecular weight is 279 g/mol. The summed E-state index contributed by atoms with van der Waals surface area (Å²) in [7, 11) is 4.41. The van der Waals surface area contributed by atoms with E-state index in [1.807, 2.05) is 0 Å². The van der Waals surface area contributed by atoms with Gasteiger partial charge in [-0.25, -0.2) is 0 Å². The quantitative estimate of drug-likeness (QED) is 0.776. The van der Waals surface area contributed by atoms with E-state index in [1.165, 1.54) is 7.11 Å². The predicted octanol–water partition coefficient (Wildman–Crippen LogP) is 1.23. The van der Waals surface area contributed by atoms with Crippen LogP contribution in [0.25, 0.3) is 0 Å². The van der Waals surface area contributed by atoms with Gasteiger partial charge in [0, 0.05) is 31.2 Å². The lowest BCUT2D eigenvalue weighted by Crippen LogP contribution is -2.26. The molecule has 2 rings (SSSR count). The second-order valence-corrected chi connectivity index (χ2v) is 4.50. The largest absolute Gasteiger partial charge is 0.497 e. The highest BCUT2D eigenvalue weighted by Crippen LogP contribution is 2.32. The molecule has 0 radical (unpaired) electrons. The van der Waals surface area contributed by atoms with Gasteiger partial charge in [0.2, 0.25) is 5.91 Å². The highest BCUT2D eigenvalue weighted by molar-refractivity contribution is 5.99. The number of methoxy groups -OCH3 is 3. The van der Waals surface area contributed by atoms with Gasteiger partial charge in [0.25, 0.3) is 0 Å². The fraction of sp³-hybridized carbons (Fsp3) is 0.429. The van der Waals surface area contributed by atoms with E-state index >= 15 is 0 Å². The van der Waals surface area contributed by atoms with Crippen molar-refractivity contribution in [3.8, 4) is 11.5 Å². The molecule has 1 fully saturated rings. The van der Waals surface area contributed by atoms with Gasteiger partial charge in [0.05, 0.1) is 32.9 Å². The van der Waals surface area contributed by atoms with E-state index in [0.29, 0.717) is 23.7 Å². The van der Waals surface area contributed by atoms with Crippen LogP contribution in [0.4, 0.5) is 5.69 Å². The summed E-state index contributed by atoms with van der Waals surface area (Å²) < 4.78 is 15.0. The van der Waals surface area contributed by atoms with Crippen LogP contribution >= 0.6 is 0 Å². The van der Waals surface area contributed by atoms with Crippen LogP contribution < -0.4 is 14.4 Å². The van der Waals surface area contributed by atoms with Crippen LogP contribution in [-0.2, 0) is 14.3 Å². The number of rotatable bonds is 4. The Hall–Kier alpha value is -2.24. The van der Waals surface area contributed by atoms with Gasteiger partial charge in [-0.1, -0.05) is 0 Å². The normalized spacial score (nSPS) is 18.1. The van der Waals surface area contributed by atoms with Crippen molar-refractivity contribution in [3.63, 3.8) is 0 Å². The number of amides is 1. The molecule has 108 valence electrons. The van der Waals surface area contributed by atoms with Crippen molar-refractivity contribution in [2.24, 2.45) is 5.92 Å². The Morgan fingerprint density at radius 2 is 1.75 bits per heavy atom. The summed E-state index contributed by atoms with van der Waals surface area (Å²) in [6, 6.07) is 5.20. The number of carbonyl (C=O) groups is 2. The first-order valence-corrected chi connectivity index (χ1v) is 6.20. The molecule has 6 nitrogen and oxygen atoms in total. The average Bonchev–Trinajstić information content (AvgIpc) is 2.87. The zero-order valence-electron chi connectivity index (χ0n) is 11.7. The number of esters is 1. The molecule has 1 aromatic carbocycles. The first kappa shape index (κ1) is 14.2. The number of benzene rings is 1. The van der Waals surface area contributed by atoms with Gasteiger partial charge < -0.3 is 19.1 Å². The number of nitrogens with zero attached hydrogens (tertiary/aromatic N) is 1. The molecule has 1 unspecified atom stereocenters. The summed E-state index contributed by atoms with van der Waals surface area (Å²) in [5.74, 6) is 0.276. The molecule has 1 saturated heterocycles. The summed E-state index contributed by atoms with van der Waals surface area (Å²) in [5.41, 5.74) is 0.651. The SMILES string of the molecule is COC(=O)C1CC(=O)N(c2cc(OC)cc(OC)c2)C1. The summed E-state index contributed by atoms with van der Waals surface area (Å²) in [6.07, 6.45) is 0.159. The molecule has 0 N–H and O–H groups in total. The minimum atomic E-state index is -0.426. The van der Waals surface area contributed by atoms with Crippen LogP contribution in [0.1, 0.15) is 6.42 Å². The van der Waals surface area contributed by atoms with E-state index in [-0.39, 0.29) is 18.3 Å². The first-order chi connectivity index (χ1) is 9.58. The zero-order chi connectivity index (χ0) is 14.7. The van der Waals surface area contributed by atoms with Gasteiger partial charge in [0.1, 0.15) is 11.5 Å². The number of hydrogen-bond donors (Lipinski definition) is 0. The molecule has 0 aliphatic carbocycles. The van der Waals surface area contributed by atoms with Crippen LogP contribution in [0.5, 0.6) is 11.5 Å². The number of anilines is 1. The number of ether oxygens (including phenoxy) is 3. The second kappa shape index (κ2) is 5.81. The zero-order valence-corrected chi connectivity index (χ0v) is 11.7. The van der Waals surface area contributed by atoms with Gasteiger partial charge >= 0.3 is 5.97 Å². The molecule has 1 aliphatic heterocycles. The maximum atomic E-state index is 12.0. The second-order valence-electron chi connectivity index (χ2n) is 4.50. The third kappa shape index (κ3) is 2.68. The molecular weight excluding hydrogens is 262 g/mol. The van der Waals surface area contributed by atoms with Crippen LogP contribution in [0.2, 0.25) is 0 Å². The standard InChI is InChI=1S/C14H17NO5/c1-18-11-5-10(6-12(7-11)19-2)15-8-9(4-13(15)16)14(17)20-3/h5-7,9H,4,8H2,1-3H3. The van der Waals surface area contributed by atoms with Crippen molar-refractivity contribution in [2.45, 2.75) is 6.42 Å². The van der Waals surface area contributed by atoms with E-state index in [2.05, 4.69) is 4.74 Å². The van der Waals surface area contributed by atoms with E-state index in [0.717, 1.165) is 0 Å². The summed E-state index contributed by atoms with van der Waals surface area (Å²) in [6.45, 7) is 0.307. The Bertz CT molecular complexity index is 506. The predicted molar refractivity (Wildman–Crippen MR) is 72.0 cm³/mol.